The van der Waals surface area contributed by atoms with Crippen LogP contribution >= 0.6 is 11.6 Å². The number of aromatic nitrogens is 4. The number of hydrogen-bond donors (Lipinski definition) is 1. The largest absolute Gasteiger partial charge is 0.351 e. The predicted molar refractivity (Wildman–Crippen MR) is 119 cm³/mol. The highest BCUT2D eigenvalue weighted by atomic mass is 35.5. The Morgan fingerprint density at radius 2 is 1.84 bits per heavy atom. The fraction of sp³-hybridized carbons (Fsp3) is 0.364. The van der Waals surface area contributed by atoms with Crippen LogP contribution in [-0.4, -0.2) is 49.1 Å². The van der Waals surface area contributed by atoms with Crippen molar-refractivity contribution in [3.05, 3.63) is 70.0 Å². The van der Waals surface area contributed by atoms with Crippen molar-refractivity contribution < 1.29 is 9.59 Å². The van der Waals surface area contributed by atoms with Crippen molar-refractivity contribution in [2.24, 2.45) is 14.1 Å². The highest BCUT2D eigenvalue weighted by Gasteiger charge is 2.24. The number of carbonyl (C=O) groups is 2. The molecule has 3 rings (SSSR count). The molecule has 0 atom stereocenters. The number of benzene rings is 1. The topological polar surface area (TPSA) is 85.1 Å². The zero-order chi connectivity index (χ0) is 22.5. The summed E-state index contributed by atoms with van der Waals surface area (Å²) in [5, 5.41) is 7.49. The minimum atomic E-state index is -0.176. The van der Waals surface area contributed by atoms with E-state index in [-0.39, 0.29) is 11.8 Å². The molecule has 31 heavy (non-hydrogen) atoms. The number of hydrogen-bond acceptors (Lipinski definition) is 4. The van der Waals surface area contributed by atoms with Crippen LogP contribution in [0.4, 0.5) is 0 Å². The number of amides is 2. The third-order valence-electron chi connectivity index (χ3n) is 5.09. The van der Waals surface area contributed by atoms with Crippen molar-refractivity contribution in [1.82, 2.24) is 29.5 Å². The Labute approximate surface area is 186 Å². The number of nitrogens with one attached hydrogen (secondary N) is 1. The molecule has 0 spiro atoms. The van der Waals surface area contributed by atoms with E-state index in [0.29, 0.717) is 53.9 Å². The van der Waals surface area contributed by atoms with Crippen molar-refractivity contribution in [1.29, 1.82) is 0 Å². The average molecular weight is 443 g/mol. The van der Waals surface area contributed by atoms with E-state index < -0.39 is 0 Å². The molecule has 164 valence electrons. The quantitative estimate of drug-likeness (QED) is 0.543. The maximum absolute atomic E-state index is 13.3. The fourth-order valence-electron chi connectivity index (χ4n) is 3.51. The van der Waals surface area contributed by atoms with Crippen LogP contribution in [-0.2, 0) is 20.6 Å². The van der Waals surface area contributed by atoms with E-state index in [0.717, 1.165) is 5.56 Å². The van der Waals surface area contributed by atoms with Gasteiger partial charge in [0.05, 0.1) is 23.3 Å². The van der Waals surface area contributed by atoms with Crippen LogP contribution in [0.15, 0.2) is 36.7 Å². The first-order valence-electron chi connectivity index (χ1n) is 10.1. The molecule has 1 aromatic carbocycles. The van der Waals surface area contributed by atoms with Gasteiger partial charge in [0.15, 0.2) is 0 Å². The van der Waals surface area contributed by atoms with Gasteiger partial charge in [0, 0.05) is 33.7 Å². The Balaban J connectivity index is 1.68. The fourth-order valence-corrected chi connectivity index (χ4v) is 3.77. The normalized spacial score (nSPS) is 10.9. The molecular weight excluding hydrogens is 416 g/mol. The maximum Gasteiger partial charge on any atom is 0.269 e. The Morgan fingerprint density at radius 3 is 2.42 bits per heavy atom. The van der Waals surface area contributed by atoms with Gasteiger partial charge in [-0.05, 0) is 25.8 Å². The summed E-state index contributed by atoms with van der Waals surface area (Å²) in [5.41, 5.74) is 3.24. The Bertz CT molecular complexity index is 1050. The highest BCUT2D eigenvalue weighted by molar-refractivity contribution is 6.33. The summed E-state index contributed by atoms with van der Waals surface area (Å²) in [7, 11) is 3.50. The van der Waals surface area contributed by atoms with Crippen molar-refractivity contribution in [3.8, 4) is 0 Å². The van der Waals surface area contributed by atoms with Crippen molar-refractivity contribution >= 4 is 23.4 Å². The molecule has 0 saturated heterocycles. The lowest BCUT2D eigenvalue weighted by atomic mass is 10.1. The third kappa shape index (κ3) is 5.14. The smallest absolute Gasteiger partial charge is 0.269 e. The first-order chi connectivity index (χ1) is 14.8. The van der Waals surface area contributed by atoms with Gasteiger partial charge >= 0.3 is 0 Å². The average Bonchev–Trinajstić information content (AvgIpc) is 3.21. The van der Waals surface area contributed by atoms with Gasteiger partial charge in [-0.25, -0.2) is 4.98 Å². The van der Waals surface area contributed by atoms with E-state index in [9.17, 15) is 9.59 Å². The molecule has 0 saturated carbocycles. The maximum atomic E-state index is 13.3. The molecule has 0 aliphatic carbocycles. The number of carbonyl (C=O) groups excluding carboxylic acids is 2. The zero-order valence-electron chi connectivity index (χ0n) is 18.2. The van der Waals surface area contributed by atoms with Crippen molar-refractivity contribution in [3.63, 3.8) is 0 Å². The monoisotopic (exact) mass is 442 g/mol. The van der Waals surface area contributed by atoms with Gasteiger partial charge in [-0.3, -0.25) is 14.3 Å². The van der Waals surface area contributed by atoms with Crippen LogP contribution < -0.4 is 5.32 Å². The van der Waals surface area contributed by atoms with Crippen LogP contribution in [0.5, 0.6) is 0 Å². The van der Waals surface area contributed by atoms with Crippen molar-refractivity contribution in [2.45, 2.75) is 26.8 Å². The van der Waals surface area contributed by atoms with Crippen LogP contribution in [0.1, 0.15) is 44.2 Å². The van der Waals surface area contributed by atoms with Gasteiger partial charge in [0.25, 0.3) is 11.8 Å². The second-order valence-corrected chi connectivity index (χ2v) is 7.84. The summed E-state index contributed by atoms with van der Waals surface area (Å²) < 4.78 is 3.20. The Kier molecular flexibility index (Phi) is 7.12. The standard InChI is InChI=1S/C22H27ClN6O2/c1-15-18(20(23)28(4)26-15)22(31)29(13-17-9-6-5-7-10-17)12-8-11-24-21(30)19-16(2)25-14-27(19)3/h5-7,9-10,14H,8,11-13H2,1-4H3,(H,24,30). The van der Waals surface area contributed by atoms with E-state index in [1.165, 1.54) is 4.68 Å². The van der Waals surface area contributed by atoms with E-state index in [4.69, 9.17) is 11.6 Å². The molecule has 0 fully saturated rings. The number of nitrogens with zero attached hydrogens (tertiary/aromatic N) is 5. The summed E-state index contributed by atoms with van der Waals surface area (Å²) in [6.07, 6.45) is 2.21. The Hall–Kier alpha value is -3.13. The van der Waals surface area contributed by atoms with Crippen LogP contribution in [0.2, 0.25) is 5.15 Å². The first-order valence-corrected chi connectivity index (χ1v) is 10.5. The predicted octanol–water partition coefficient (Wildman–Crippen LogP) is 2.89. The first kappa shape index (κ1) is 22.6. The molecule has 8 nitrogen and oxygen atoms in total. The SMILES string of the molecule is Cc1nn(C)c(Cl)c1C(=O)N(CCCNC(=O)c1c(C)ncn1C)Cc1ccccc1. The van der Waals surface area contributed by atoms with Crippen LogP contribution in [0.25, 0.3) is 0 Å². The van der Waals surface area contributed by atoms with Crippen LogP contribution in [0.3, 0.4) is 0 Å². The summed E-state index contributed by atoms with van der Waals surface area (Å²) >= 11 is 6.33. The molecule has 0 aliphatic heterocycles. The molecule has 0 bridgehead atoms. The lowest BCUT2D eigenvalue weighted by molar-refractivity contribution is 0.0740. The summed E-state index contributed by atoms with van der Waals surface area (Å²) in [5.74, 6) is -0.349. The van der Waals surface area contributed by atoms with E-state index in [2.05, 4.69) is 15.4 Å². The summed E-state index contributed by atoms with van der Waals surface area (Å²) in [6, 6.07) is 9.77. The van der Waals surface area contributed by atoms with Gasteiger partial charge in [-0.1, -0.05) is 41.9 Å². The summed E-state index contributed by atoms with van der Waals surface area (Å²) in [6.45, 7) is 4.91. The summed E-state index contributed by atoms with van der Waals surface area (Å²) in [4.78, 5) is 31.6. The number of rotatable bonds is 8. The zero-order valence-corrected chi connectivity index (χ0v) is 19.0. The van der Waals surface area contributed by atoms with Gasteiger partial charge in [0.1, 0.15) is 10.8 Å². The second-order valence-electron chi connectivity index (χ2n) is 7.49. The lowest BCUT2D eigenvalue weighted by Crippen LogP contribution is -2.34. The molecule has 0 radical (unpaired) electrons. The molecule has 0 aliphatic rings. The van der Waals surface area contributed by atoms with Crippen molar-refractivity contribution in [2.75, 3.05) is 13.1 Å². The highest BCUT2D eigenvalue weighted by Crippen LogP contribution is 2.22. The molecule has 2 aromatic heterocycles. The lowest BCUT2D eigenvalue weighted by Gasteiger charge is -2.23. The van der Waals surface area contributed by atoms with Gasteiger partial charge in [0.2, 0.25) is 0 Å². The third-order valence-corrected chi connectivity index (χ3v) is 5.53. The molecule has 2 heterocycles. The molecule has 1 N–H and O–H groups in total. The second kappa shape index (κ2) is 9.78. The molecule has 9 heteroatoms. The molecule has 2 amide bonds. The van der Waals surface area contributed by atoms with E-state index in [1.807, 2.05) is 30.3 Å². The van der Waals surface area contributed by atoms with Gasteiger partial charge in [-0.15, -0.1) is 0 Å². The molecular formula is C22H27ClN6O2. The van der Waals surface area contributed by atoms with Gasteiger partial charge in [-0.2, -0.15) is 5.10 Å². The minimum absolute atomic E-state index is 0.173. The van der Waals surface area contributed by atoms with Crippen LogP contribution in [0, 0.1) is 13.8 Å². The minimum Gasteiger partial charge on any atom is -0.351 e. The number of halogens is 1. The van der Waals surface area contributed by atoms with E-state index >= 15 is 0 Å². The van der Waals surface area contributed by atoms with E-state index in [1.54, 1.807) is 43.7 Å². The number of aryl methyl sites for hydroxylation is 4. The Morgan fingerprint density at radius 1 is 1.13 bits per heavy atom. The molecule has 0 unspecified atom stereocenters. The number of imidazole rings is 1. The van der Waals surface area contributed by atoms with Gasteiger partial charge < -0.3 is 14.8 Å². The molecule has 3 aromatic rings.